The Morgan fingerprint density at radius 3 is 2.33 bits per heavy atom. The van der Waals surface area contributed by atoms with Gasteiger partial charge in [-0.05, 0) is 80.0 Å². The third-order valence-corrected chi connectivity index (χ3v) is 14.3. The molecule has 246 valence electrons. The Labute approximate surface area is 255 Å². The lowest BCUT2D eigenvalue weighted by Gasteiger charge is -2.67. The second-order valence-corrected chi connectivity index (χ2v) is 16.1. The predicted molar refractivity (Wildman–Crippen MR) is 153 cm³/mol. The van der Waals surface area contributed by atoms with E-state index in [1.165, 1.54) is 0 Å². The number of fused-ring (bicyclic) bond motifs is 7. The summed E-state index contributed by atoms with van der Waals surface area (Å²) < 4.78 is 25.9. The minimum Gasteiger partial charge on any atom is -0.394 e. The summed E-state index contributed by atoms with van der Waals surface area (Å²) in [6, 6.07) is 0. The van der Waals surface area contributed by atoms with Gasteiger partial charge in [-0.25, -0.2) is 0 Å². The van der Waals surface area contributed by atoms with Crippen LogP contribution in [0.15, 0.2) is 0 Å². The fourth-order valence-corrected chi connectivity index (χ4v) is 11.9. The summed E-state index contributed by atoms with van der Waals surface area (Å²) in [7, 11) is 0. The van der Waals surface area contributed by atoms with E-state index in [4.69, 9.17) is 18.9 Å². The number of hydrogen-bond acceptors (Lipinski definition) is 10. The second-order valence-electron chi connectivity index (χ2n) is 16.1. The van der Waals surface area contributed by atoms with Crippen molar-refractivity contribution >= 4 is 0 Å². The molecule has 0 aromatic rings. The summed E-state index contributed by atoms with van der Waals surface area (Å²) in [5.41, 5.74) is -1.64. The van der Waals surface area contributed by atoms with Crippen molar-refractivity contribution in [3.63, 3.8) is 0 Å². The zero-order chi connectivity index (χ0) is 30.7. The monoisotopic (exact) mass is 610 g/mol. The van der Waals surface area contributed by atoms with Crippen LogP contribution in [0.5, 0.6) is 0 Å². The molecule has 18 atom stereocenters. The zero-order valence-electron chi connectivity index (χ0n) is 26.2. The Balaban J connectivity index is 1.17. The summed E-state index contributed by atoms with van der Waals surface area (Å²) in [5.74, 6) is 1.76. The molecule has 0 unspecified atom stereocenters. The van der Waals surface area contributed by atoms with Crippen LogP contribution in [0.2, 0.25) is 0 Å². The Morgan fingerprint density at radius 1 is 0.860 bits per heavy atom. The van der Waals surface area contributed by atoms with Crippen LogP contribution in [-0.2, 0) is 18.9 Å². The van der Waals surface area contributed by atoms with Crippen LogP contribution in [0.3, 0.4) is 0 Å². The minimum atomic E-state index is -1.55. The molecule has 43 heavy (non-hydrogen) atoms. The van der Waals surface area contributed by atoms with E-state index in [0.29, 0.717) is 36.0 Å². The maximum atomic E-state index is 11.8. The Hall–Kier alpha value is -0.400. The molecular weight excluding hydrogens is 556 g/mol. The van der Waals surface area contributed by atoms with Gasteiger partial charge in [0.05, 0.1) is 37.1 Å². The van der Waals surface area contributed by atoms with Gasteiger partial charge >= 0.3 is 0 Å². The van der Waals surface area contributed by atoms with Gasteiger partial charge in [-0.15, -0.1) is 0 Å². The van der Waals surface area contributed by atoms with Gasteiger partial charge < -0.3 is 49.6 Å². The number of rotatable bonds is 3. The third-order valence-electron chi connectivity index (χ3n) is 14.3. The number of aliphatic hydroxyl groups excluding tert-OH is 6. The van der Waals surface area contributed by atoms with Crippen LogP contribution in [0.1, 0.15) is 85.5 Å². The molecule has 0 bridgehead atoms. The van der Waals surface area contributed by atoms with E-state index in [9.17, 15) is 30.6 Å². The minimum absolute atomic E-state index is 0.106. The number of aliphatic hydroxyl groups is 6. The molecule has 6 N–H and O–H groups in total. The molecule has 3 heterocycles. The van der Waals surface area contributed by atoms with Crippen LogP contribution in [0.25, 0.3) is 0 Å². The highest BCUT2D eigenvalue weighted by atomic mass is 16.7. The fourth-order valence-electron chi connectivity index (χ4n) is 11.9. The van der Waals surface area contributed by atoms with Crippen LogP contribution in [-0.4, -0.2) is 104 Å². The summed E-state index contributed by atoms with van der Waals surface area (Å²) in [5, 5.41) is 64.2. The van der Waals surface area contributed by atoms with Crippen molar-refractivity contribution in [3.05, 3.63) is 0 Å². The first kappa shape index (κ1) is 31.2. The van der Waals surface area contributed by atoms with E-state index in [-0.39, 0.29) is 30.3 Å². The van der Waals surface area contributed by atoms with Gasteiger partial charge in [0, 0.05) is 24.2 Å². The maximum Gasteiger partial charge on any atom is 0.187 e. The lowest BCUT2D eigenvalue weighted by Crippen LogP contribution is -2.71. The molecule has 4 aliphatic carbocycles. The van der Waals surface area contributed by atoms with Crippen molar-refractivity contribution in [1.29, 1.82) is 0 Å². The van der Waals surface area contributed by atoms with E-state index in [1.54, 1.807) is 0 Å². The Bertz CT molecular complexity index is 1050. The zero-order valence-corrected chi connectivity index (χ0v) is 26.2. The van der Waals surface area contributed by atoms with Gasteiger partial charge in [-0.2, -0.15) is 0 Å². The molecule has 3 saturated heterocycles. The first-order chi connectivity index (χ1) is 20.3. The topological polar surface area (TPSA) is 158 Å². The largest absolute Gasteiger partial charge is 0.394 e. The molecule has 0 radical (unpaired) electrons. The smallest absolute Gasteiger partial charge is 0.187 e. The van der Waals surface area contributed by atoms with Crippen LogP contribution in [0.4, 0.5) is 0 Å². The van der Waals surface area contributed by atoms with E-state index in [2.05, 4.69) is 27.7 Å². The van der Waals surface area contributed by atoms with Gasteiger partial charge in [0.25, 0.3) is 0 Å². The molecule has 10 nitrogen and oxygen atoms in total. The van der Waals surface area contributed by atoms with E-state index >= 15 is 0 Å². The van der Waals surface area contributed by atoms with Gasteiger partial charge in [0.2, 0.25) is 0 Å². The molecule has 4 saturated carbocycles. The van der Waals surface area contributed by atoms with Gasteiger partial charge in [-0.1, -0.05) is 27.7 Å². The Morgan fingerprint density at radius 2 is 1.63 bits per heavy atom. The van der Waals surface area contributed by atoms with Crippen LogP contribution in [0, 0.1) is 46.3 Å². The first-order valence-electron chi connectivity index (χ1n) is 17.0. The van der Waals surface area contributed by atoms with Gasteiger partial charge in [0.15, 0.2) is 12.1 Å². The SMILES string of the molecule is C[C@H]1CC[C@@]2(OC1)O[C@H]1C[C@H]3[C@@H]4CC[C@]5(O[C@@H]6O[C@H](CO)[C@@H](O)[C@H](O)[C@H]6O)C[C@@H](O)C[C@@H](O)[C@]5(C)[C@H]4CC[C@]3(C)[C@H]1[C@@H]2C. The average Bonchev–Trinajstić information content (AvgIpc) is 3.41. The molecule has 7 aliphatic rings. The highest BCUT2D eigenvalue weighted by Gasteiger charge is 2.72. The van der Waals surface area contributed by atoms with Crippen molar-refractivity contribution in [2.24, 2.45) is 46.3 Å². The standard InChI is InChI=1S/C33H54O10/c1-16-5-10-33(40-15-16)17(2)25-22(42-33)12-21-19-6-9-32(43-29-28(39)27(38)26(37)23(14-34)41-29)13-18(35)11-24(36)31(32,4)20(19)7-8-30(21,25)3/h16-29,34-39H,5-15H2,1-4H3/t16-,17-,18-,19+,20-,21-,22-,23+,24+,25-,26+,27-,28+,29-,30-,31-,32-,33+/m0/s1. The first-order valence-corrected chi connectivity index (χ1v) is 17.0. The van der Waals surface area contributed by atoms with Crippen LogP contribution >= 0.6 is 0 Å². The predicted octanol–water partition coefficient (Wildman–Crippen LogP) is 1.70. The average molecular weight is 611 g/mol. The van der Waals surface area contributed by atoms with E-state index in [0.717, 1.165) is 45.1 Å². The van der Waals surface area contributed by atoms with Gasteiger partial charge in [-0.3, -0.25) is 0 Å². The third kappa shape index (κ3) is 4.27. The van der Waals surface area contributed by atoms with E-state index in [1.807, 2.05) is 0 Å². The molecule has 7 fully saturated rings. The lowest BCUT2D eigenvalue weighted by atomic mass is 9.42. The molecule has 10 heteroatoms. The maximum absolute atomic E-state index is 11.8. The summed E-state index contributed by atoms with van der Waals surface area (Å²) in [6.07, 6.45) is -1.44. The molecule has 7 rings (SSSR count). The van der Waals surface area contributed by atoms with Crippen molar-refractivity contribution < 1.29 is 49.6 Å². The highest BCUT2D eigenvalue weighted by molar-refractivity contribution is 5.20. The van der Waals surface area contributed by atoms with Crippen molar-refractivity contribution in [2.45, 2.75) is 146 Å². The normalized spacial score (nSPS) is 61.5. The molecule has 3 aliphatic heterocycles. The molecule has 0 amide bonds. The molecule has 0 aromatic carbocycles. The van der Waals surface area contributed by atoms with Crippen LogP contribution < -0.4 is 0 Å². The number of hydrogen-bond donors (Lipinski definition) is 6. The van der Waals surface area contributed by atoms with Crippen molar-refractivity contribution in [1.82, 2.24) is 0 Å². The fraction of sp³-hybridized carbons (Fsp3) is 1.00. The van der Waals surface area contributed by atoms with E-state index < -0.39 is 66.3 Å². The second kappa shape index (κ2) is 10.6. The summed E-state index contributed by atoms with van der Waals surface area (Å²) in [4.78, 5) is 0. The Kier molecular flexibility index (Phi) is 7.66. The summed E-state index contributed by atoms with van der Waals surface area (Å²) >= 11 is 0. The highest BCUT2D eigenvalue weighted by Crippen LogP contribution is 2.72. The quantitative estimate of drug-likeness (QED) is 0.260. The van der Waals surface area contributed by atoms with Crippen molar-refractivity contribution in [2.75, 3.05) is 13.2 Å². The van der Waals surface area contributed by atoms with Gasteiger partial charge in [0.1, 0.15) is 24.4 Å². The number of ether oxygens (including phenoxy) is 4. The summed E-state index contributed by atoms with van der Waals surface area (Å²) in [6.45, 7) is 9.36. The van der Waals surface area contributed by atoms with Crippen molar-refractivity contribution in [3.8, 4) is 0 Å². The lowest BCUT2D eigenvalue weighted by molar-refractivity contribution is -0.371. The molecule has 0 aromatic heterocycles. The molecule has 1 spiro atoms. The molecular formula is C33H54O10.